The van der Waals surface area contributed by atoms with E-state index in [-0.39, 0.29) is 12.5 Å². The summed E-state index contributed by atoms with van der Waals surface area (Å²) in [6, 6.07) is 8.23. The first kappa shape index (κ1) is 16.5. The minimum atomic E-state index is -0.459. The molecule has 1 aliphatic heterocycles. The van der Waals surface area contributed by atoms with E-state index in [1.807, 2.05) is 17.0 Å². The van der Waals surface area contributed by atoms with Crippen LogP contribution in [0.15, 0.2) is 24.3 Å². The van der Waals surface area contributed by atoms with Crippen LogP contribution in [0.1, 0.15) is 37.8 Å². The fourth-order valence-corrected chi connectivity index (χ4v) is 4.31. The van der Waals surface area contributed by atoms with Crippen molar-refractivity contribution in [3.8, 4) is 0 Å². The third-order valence-electron chi connectivity index (χ3n) is 5.42. The number of aryl methyl sites for hydroxylation is 1. The Labute approximate surface area is 138 Å². The van der Waals surface area contributed by atoms with Gasteiger partial charge in [0.05, 0.1) is 18.7 Å². The van der Waals surface area contributed by atoms with E-state index >= 15 is 0 Å². The second-order valence-corrected chi connectivity index (χ2v) is 7.50. The number of carbonyl (C=O) groups excluding carboxylic acids is 1. The van der Waals surface area contributed by atoms with Crippen LogP contribution in [0.5, 0.6) is 0 Å². The van der Waals surface area contributed by atoms with Crippen molar-refractivity contribution in [3.63, 3.8) is 0 Å². The average Bonchev–Trinajstić information content (AvgIpc) is 2.91. The molecule has 4 heteroatoms. The number of likely N-dealkylation sites (tertiary alicyclic amines) is 1. The van der Waals surface area contributed by atoms with E-state index in [0.29, 0.717) is 18.4 Å². The predicted molar refractivity (Wildman–Crippen MR) is 91.1 cm³/mol. The second kappa shape index (κ2) is 6.62. The standard InChI is InChI=1S/C19H28N2O2/c1-14-9-15(2)12-21(11-14)18(23)10-20-19(13-22)8-7-16-5-3-4-6-17(16)19/h3-6,14-15,20,22H,7-13H2,1-2H3. The Balaban J connectivity index is 1.66. The molecule has 2 N–H and O–H groups in total. The second-order valence-electron chi connectivity index (χ2n) is 7.50. The zero-order valence-corrected chi connectivity index (χ0v) is 14.2. The first-order valence-electron chi connectivity index (χ1n) is 8.76. The van der Waals surface area contributed by atoms with Gasteiger partial charge < -0.3 is 10.0 Å². The summed E-state index contributed by atoms with van der Waals surface area (Å²) in [5, 5.41) is 13.4. The van der Waals surface area contributed by atoms with Gasteiger partial charge in [-0.3, -0.25) is 10.1 Å². The third kappa shape index (κ3) is 3.29. The molecule has 4 nitrogen and oxygen atoms in total. The van der Waals surface area contributed by atoms with Crippen LogP contribution >= 0.6 is 0 Å². The van der Waals surface area contributed by atoms with E-state index in [1.54, 1.807) is 0 Å². The highest BCUT2D eigenvalue weighted by Gasteiger charge is 2.38. The van der Waals surface area contributed by atoms with Crippen LogP contribution in [0, 0.1) is 11.8 Å². The van der Waals surface area contributed by atoms with Gasteiger partial charge >= 0.3 is 0 Å². The van der Waals surface area contributed by atoms with E-state index in [2.05, 4.69) is 31.3 Å². The number of fused-ring (bicyclic) bond motifs is 1. The number of hydrogen-bond donors (Lipinski definition) is 2. The Bertz CT molecular complexity index is 564. The van der Waals surface area contributed by atoms with Gasteiger partial charge in [-0.15, -0.1) is 0 Å². The first-order valence-corrected chi connectivity index (χ1v) is 8.76. The molecule has 126 valence electrons. The van der Waals surface area contributed by atoms with Crippen LogP contribution in [0.4, 0.5) is 0 Å². The van der Waals surface area contributed by atoms with E-state index < -0.39 is 5.54 Å². The predicted octanol–water partition coefficient (Wildman–Crippen LogP) is 1.91. The largest absolute Gasteiger partial charge is 0.394 e. The maximum absolute atomic E-state index is 12.6. The minimum Gasteiger partial charge on any atom is -0.394 e. The lowest BCUT2D eigenvalue weighted by Crippen LogP contribution is -2.51. The van der Waals surface area contributed by atoms with Gasteiger partial charge in [0, 0.05) is 13.1 Å². The van der Waals surface area contributed by atoms with Gasteiger partial charge in [-0.2, -0.15) is 0 Å². The van der Waals surface area contributed by atoms with Crippen molar-refractivity contribution in [3.05, 3.63) is 35.4 Å². The van der Waals surface area contributed by atoms with Gasteiger partial charge in [-0.1, -0.05) is 38.1 Å². The van der Waals surface area contributed by atoms with E-state index in [9.17, 15) is 9.90 Å². The minimum absolute atomic E-state index is 0.0318. The van der Waals surface area contributed by atoms with Gasteiger partial charge in [-0.05, 0) is 42.2 Å². The molecule has 0 spiro atoms. The monoisotopic (exact) mass is 316 g/mol. The number of carbonyl (C=O) groups is 1. The van der Waals surface area contributed by atoms with Crippen LogP contribution in [0.3, 0.4) is 0 Å². The summed E-state index contributed by atoms with van der Waals surface area (Å²) in [5.41, 5.74) is 1.97. The molecule has 1 amide bonds. The number of aliphatic hydroxyl groups excluding tert-OH is 1. The summed E-state index contributed by atoms with van der Waals surface area (Å²) in [4.78, 5) is 14.6. The molecule has 0 aromatic heterocycles. The van der Waals surface area contributed by atoms with Crippen LogP contribution in [-0.4, -0.2) is 42.2 Å². The highest BCUT2D eigenvalue weighted by molar-refractivity contribution is 5.78. The normalized spacial score (nSPS) is 30.3. The van der Waals surface area contributed by atoms with Gasteiger partial charge in [0.2, 0.25) is 5.91 Å². The van der Waals surface area contributed by atoms with Gasteiger partial charge in [0.1, 0.15) is 0 Å². The lowest BCUT2D eigenvalue weighted by molar-refractivity contribution is -0.133. The number of amides is 1. The fraction of sp³-hybridized carbons (Fsp3) is 0.632. The van der Waals surface area contributed by atoms with Crippen LogP contribution in [-0.2, 0) is 16.8 Å². The molecule has 23 heavy (non-hydrogen) atoms. The summed E-state index contributed by atoms with van der Waals surface area (Å²) < 4.78 is 0. The quantitative estimate of drug-likeness (QED) is 0.892. The number of nitrogens with one attached hydrogen (secondary N) is 1. The first-order chi connectivity index (χ1) is 11.0. The number of benzene rings is 1. The highest BCUT2D eigenvalue weighted by Crippen LogP contribution is 2.36. The summed E-state index contributed by atoms with van der Waals surface area (Å²) in [6.45, 7) is 6.47. The Morgan fingerprint density at radius 1 is 1.30 bits per heavy atom. The lowest BCUT2D eigenvalue weighted by Gasteiger charge is -2.36. The molecule has 1 saturated heterocycles. The number of aliphatic hydroxyl groups is 1. The third-order valence-corrected chi connectivity index (χ3v) is 5.42. The average molecular weight is 316 g/mol. The fourth-order valence-electron chi connectivity index (χ4n) is 4.31. The summed E-state index contributed by atoms with van der Waals surface area (Å²) in [7, 11) is 0. The Hall–Kier alpha value is -1.39. The van der Waals surface area contributed by atoms with Crippen LogP contribution in [0.2, 0.25) is 0 Å². The molecular weight excluding hydrogens is 288 g/mol. The summed E-state index contributed by atoms with van der Waals surface area (Å²) >= 11 is 0. The SMILES string of the molecule is CC1CC(C)CN(C(=O)CNC2(CO)CCc3ccccc32)C1. The van der Waals surface area contributed by atoms with Crippen LogP contribution in [0.25, 0.3) is 0 Å². The zero-order valence-electron chi connectivity index (χ0n) is 14.2. The van der Waals surface area contributed by atoms with Crippen molar-refractivity contribution in [1.29, 1.82) is 0 Å². The molecule has 1 aromatic carbocycles. The molecule has 0 radical (unpaired) electrons. The van der Waals surface area contributed by atoms with Gasteiger partial charge in [-0.25, -0.2) is 0 Å². The van der Waals surface area contributed by atoms with E-state index in [0.717, 1.165) is 31.5 Å². The van der Waals surface area contributed by atoms with Gasteiger partial charge in [0.15, 0.2) is 0 Å². The molecule has 1 aliphatic carbocycles. The molecular formula is C19H28N2O2. The number of rotatable bonds is 4. The van der Waals surface area contributed by atoms with Gasteiger partial charge in [0.25, 0.3) is 0 Å². The van der Waals surface area contributed by atoms with Crippen LogP contribution < -0.4 is 5.32 Å². The molecule has 3 rings (SSSR count). The van der Waals surface area contributed by atoms with Crippen molar-refractivity contribution < 1.29 is 9.90 Å². The maximum atomic E-state index is 12.6. The summed E-state index contributed by atoms with van der Waals surface area (Å²) in [5.74, 6) is 1.30. The topological polar surface area (TPSA) is 52.6 Å². The Morgan fingerprint density at radius 3 is 2.70 bits per heavy atom. The molecule has 3 unspecified atom stereocenters. The molecule has 1 fully saturated rings. The lowest BCUT2D eigenvalue weighted by atomic mass is 9.91. The van der Waals surface area contributed by atoms with E-state index in [4.69, 9.17) is 0 Å². The molecule has 0 saturated carbocycles. The van der Waals surface area contributed by atoms with E-state index in [1.165, 1.54) is 12.0 Å². The van der Waals surface area contributed by atoms with Crippen molar-refractivity contribution in [2.45, 2.75) is 38.6 Å². The molecule has 2 aliphatic rings. The Kier molecular flexibility index (Phi) is 4.74. The zero-order chi connectivity index (χ0) is 16.4. The highest BCUT2D eigenvalue weighted by atomic mass is 16.3. The maximum Gasteiger partial charge on any atom is 0.236 e. The van der Waals surface area contributed by atoms with Crippen molar-refractivity contribution >= 4 is 5.91 Å². The number of piperidine rings is 1. The molecule has 3 atom stereocenters. The van der Waals surface area contributed by atoms with Crippen molar-refractivity contribution in [1.82, 2.24) is 10.2 Å². The van der Waals surface area contributed by atoms with Crippen molar-refractivity contribution in [2.24, 2.45) is 11.8 Å². The molecule has 1 heterocycles. The Morgan fingerprint density at radius 2 is 2.00 bits per heavy atom. The molecule has 1 aromatic rings. The number of hydrogen-bond acceptors (Lipinski definition) is 3. The van der Waals surface area contributed by atoms with Crippen molar-refractivity contribution in [2.75, 3.05) is 26.2 Å². The number of nitrogens with zero attached hydrogens (tertiary/aromatic N) is 1. The molecule has 0 bridgehead atoms. The smallest absolute Gasteiger partial charge is 0.236 e. The summed E-state index contributed by atoms with van der Waals surface area (Å²) in [6.07, 6.45) is 3.00.